The van der Waals surface area contributed by atoms with Gasteiger partial charge in [0.15, 0.2) is 5.60 Å². The second-order valence-corrected chi connectivity index (χ2v) is 10.4. The molecule has 0 spiro atoms. The number of aliphatic carboxylic acids is 1. The molecule has 4 rings (SSSR count). The lowest BCUT2D eigenvalue weighted by atomic mass is 9.93. The Hall–Kier alpha value is -4.08. The minimum atomic E-state index is -1.23. The number of ether oxygens (including phenoxy) is 4. The van der Waals surface area contributed by atoms with Crippen LogP contribution in [0.1, 0.15) is 31.4 Å². The first-order valence-corrected chi connectivity index (χ1v) is 13.6. The minimum absolute atomic E-state index is 0.111. The Morgan fingerprint density at radius 1 is 0.951 bits per heavy atom. The van der Waals surface area contributed by atoms with Gasteiger partial charge in [0, 0.05) is 19.0 Å². The molecule has 2 unspecified atom stereocenters. The van der Waals surface area contributed by atoms with Crippen LogP contribution < -0.4 is 24.8 Å². The van der Waals surface area contributed by atoms with Crippen LogP contribution in [0.4, 0.5) is 0 Å². The summed E-state index contributed by atoms with van der Waals surface area (Å²) in [7, 11) is 4.82. The Labute approximate surface area is 240 Å². The van der Waals surface area contributed by atoms with Gasteiger partial charge in [0.25, 0.3) is 5.91 Å². The van der Waals surface area contributed by atoms with Crippen molar-refractivity contribution in [1.82, 2.24) is 10.6 Å². The zero-order valence-corrected chi connectivity index (χ0v) is 24.1. The molecule has 4 atom stereocenters. The van der Waals surface area contributed by atoms with E-state index in [9.17, 15) is 14.7 Å². The molecule has 3 aromatic rings. The fraction of sp³-hybridized carbons (Fsp3) is 0.375. The fourth-order valence-corrected chi connectivity index (χ4v) is 5.26. The summed E-state index contributed by atoms with van der Waals surface area (Å²) in [6.07, 6.45) is 0.563. The van der Waals surface area contributed by atoms with Gasteiger partial charge in [-0.05, 0) is 61.2 Å². The molecule has 1 amide bonds. The molecule has 1 aliphatic heterocycles. The maximum absolute atomic E-state index is 13.5. The number of carboxylic acids is 1. The lowest BCUT2D eigenvalue weighted by Crippen LogP contribution is -2.58. The van der Waals surface area contributed by atoms with Gasteiger partial charge in [-0.25, -0.2) is 4.79 Å². The van der Waals surface area contributed by atoms with Crippen LogP contribution in [-0.4, -0.2) is 62.1 Å². The highest BCUT2D eigenvalue weighted by Crippen LogP contribution is 2.38. The number of benzene rings is 3. The van der Waals surface area contributed by atoms with E-state index in [0.717, 1.165) is 28.0 Å². The Bertz CT molecular complexity index is 1320. The van der Waals surface area contributed by atoms with E-state index in [-0.39, 0.29) is 18.6 Å². The minimum Gasteiger partial charge on any atom is -0.497 e. The van der Waals surface area contributed by atoms with Crippen LogP contribution in [-0.2, 0) is 27.3 Å². The number of carbonyl (C=O) groups excluding carboxylic acids is 1. The van der Waals surface area contributed by atoms with E-state index in [0.29, 0.717) is 24.5 Å². The van der Waals surface area contributed by atoms with E-state index < -0.39 is 23.5 Å². The molecule has 1 saturated heterocycles. The number of carboxylic acid groups (broad SMARTS) is 1. The van der Waals surface area contributed by atoms with Crippen LogP contribution in [0.15, 0.2) is 66.7 Å². The number of rotatable bonds is 12. The summed E-state index contributed by atoms with van der Waals surface area (Å²) < 4.78 is 22.3. The topological polar surface area (TPSA) is 115 Å². The monoisotopic (exact) mass is 562 g/mol. The van der Waals surface area contributed by atoms with Gasteiger partial charge in [-0.15, -0.1) is 0 Å². The Morgan fingerprint density at radius 3 is 2.12 bits per heavy atom. The zero-order valence-electron chi connectivity index (χ0n) is 24.1. The quantitative estimate of drug-likeness (QED) is 0.301. The van der Waals surface area contributed by atoms with Gasteiger partial charge >= 0.3 is 5.97 Å². The summed E-state index contributed by atoms with van der Waals surface area (Å²) in [4.78, 5) is 25.7. The molecule has 0 aliphatic carbocycles. The summed E-state index contributed by atoms with van der Waals surface area (Å²) in [6, 6.07) is 19.3. The molecule has 218 valence electrons. The smallest absolute Gasteiger partial charge is 0.326 e. The standard InChI is InChI=1S/C32H38N2O7/c1-20-17-28(33-19-22-11-15-24(38-3)16-12-22)32(2,41-20)31(37)34-25(30(35)36)18-21-9-13-23(14-10-21)29-26(39-4)7-6-8-27(29)40-5/h6-16,20,25,28,33H,17-19H2,1-5H3,(H,34,37)(H,35,36)/t20?,25-,28?,32+/m0/s1. The van der Waals surface area contributed by atoms with Crippen LogP contribution >= 0.6 is 0 Å². The molecule has 0 saturated carbocycles. The van der Waals surface area contributed by atoms with Crippen molar-refractivity contribution in [3.63, 3.8) is 0 Å². The molecule has 0 radical (unpaired) electrons. The van der Waals surface area contributed by atoms with Gasteiger partial charge < -0.3 is 34.7 Å². The van der Waals surface area contributed by atoms with Crippen LogP contribution in [0.2, 0.25) is 0 Å². The SMILES string of the molecule is COc1ccc(CNC2CC(C)O[C@@]2(C)C(=O)N[C@@H](Cc2ccc(-c3c(OC)cccc3OC)cc2)C(=O)O)cc1. The molecule has 1 heterocycles. The number of hydrogen-bond acceptors (Lipinski definition) is 7. The van der Waals surface area contributed by atoms with Crippen LogP contribution in [0.3, 0.4) is 0 Å². The van der Waals surface area contributed by atoms with Crippen molar-refractivity contribution in [1.29, 1.82) is 0 Å². The number of nitrogens with one attached hydrogen (secondary N) is 2. The molecule has 3 N–H and O–H groups in total. The third kappa shape index (κ3) is 6.81. The van der Waals surface area contributed by atoms with Gasteiger partial charge in [0.05, 0.1) is 33.0 Å². The zero-order chi connectivity index (χ0) is 29.6. The summed E-state index contributed by atoms with van der Waals surface area (Å²) >= 11 is 0. The van der Waals surface area contributed by atoms with Gasteiger partial charge in [-0.3, -0.25) is 4.79 Å². The average molecular weight is 563 g/mol. The second kappa shape index (κ2) is 13.1. The highest BCUT2D eigenvalue weighted by molar-refractivity contribution is 5.90. The Kier molecular flexibility index (Phi) is 9.52. The van der Waals surface area contributed by atoms with Gasteiger partial charge in [0.1, 0.15) is 23.3 Å². The number of amides is 1. The van der Waals surface area contributed by atoms with Gasteiger partial charge in [-0.1, -0.05) is 42.5 Å². The first-order chi connectivity index (χ1) is 19.7. The van der Waals surface area contributed by atoms with Crippen LogP contribution in [0.5, 0.6) is 17.2 Å². The lowest BCUT2D eigenvalue weighted by molar-refractivity contribution is -0.150. The van der Waals surface area contributed by atoms with Crippen LogP contribution in [0.25, 0.3) is 11.1 Å². The lowest BCUT2D eigenvalue weighted by Gasteiger charge is -2.31. The molecule has 1 fully saturated rings. The highest BCUT2D eigenvalue weighted by Gasteiger charge is 2.50. The number of methoxy groups -OCH3 is 3. The van der Waals surface area contributed by atoms with E-state index in [1.807, 2.05) is 73.7 Å². The molecule has 9 nitrogen and oxygen atoms in total. The maximum atomic E-state index is 13.5. The summed E-state index contributed by atoms with van der Waals surface area (Å²) in [5, 5.41) is 16.1. The second-order valence-electron chi connectivity index (χ2n) is 10.4. The summed E-state index contributed by atoms with van der Waals surface area (Å²) in [5.74, 6) is 0.525. The Morgan fingerprint density at radius 2 is 1.56 bits per heavy atom. The first-order valence-electron chi connectivity index (χ1n) is 13.6. The third-order valence-electron chi connectivity index (χ3n) is 7.55. The number of carbonyl (C=O) groups is 2. The third-order valence-corrected chi connectivity index (χ3v) is 7.55. The van der Waals surface area contributed by atoms with Crippen molar-refractivity contribution in [2.24, 2.45) is 0 Å². The van der Waals surface area contributed by atoms with Crippen LogP contribution in [0, 0.1) is 0 Å². The fourth-order valence-electron chi connectivity index (χ4n) is 5.26. The normalized spacial score (nSPS) is 20.7. The van der Waals surface area contributed by atoms with Crippen molar-refractivity contribution in [2.45, 2.75) is 57.0 Å². The molecule has 41 heavy (non-hydrogen) atoms. The molecular weight excluding hydrogens is 524 g/mol. The van der Waals surface area contributed by atoms with Crippen molar-refractivity contribution in [3.8, 4) is 28.4 Å². The molecule has 0 aromatic heterocycles. The average Bonchev–Trinajstić information content (AvgIpc) is 3.29. The van der Waals surface area contributed by atoms with Crippen molar-refractivity contribution in [3.05, 3.63) is 77.9 Å². The largest absolute Gasteiger partial charge is 0.497 e. The van der Waals surface area contributed by atoms with E-state index in [4.69, 9.17) is 18.9 Å². The predicted molar refractivity (Wildman–Crippen MR) is 155 cm³/mol. The van der Waals surface area contributed by atoms with Gasteiger partial charge in [-0.2, -0.15) is 0 Å². The molecule has 3 aromatic carbocycles. The highest BCUT2D eigenvalue weighted by atomic mass is 16.5. The van der Waals surface area contributed by atoms with E-state index in [1.165, 1.54) is 0 Å². The first kappa shape index (κ1) is 29.9. The van der Waals surface area contributed by atoms with Crippen molar-refractivity contribution in [2.75, 3.05) is 21.3 Å². The van der Waals surface area contributed by atoms with E-state index >= 15 is 0 Å². The van der Waals surface area contributed by atoms with E-state index in [1.54, 1.807) is 28.3 Å². The predicted octanol–water partition coefficient (Wildman–Crippen LogP) is 4.22. The van der Waals surface area contributed by atoms with Gasteiger partial charge in [0.2, 0.25) is 0 Å². The molecule has 1 aliphatic rings. The molecule has 9 heteroatoms. The molecular formula is C32H38N2O7. The van der Waals surface area contributed by atoms with E-state index in [2.05, 4.69) is 10.6 Å². The maximum Gasteiger partial charge on any atom is 0.326 e. The van der Waals surface area contributed by atoms with Crippen molar-refractivity contribution >= 4 is 11.9 Å². The summed E-state index contributed by atoms with van der Waals surface area (Å²) in [5.41, 5.74) is 2.23. The summed E-state index contributed by atoms with van der Waals surface area (Å²) in [6.45, 7) is 4.15. The van der Waals surface area contributed by atoms with Crippen molar-refractivity contribution < 1.29 is 33.6 Å². The molecule has 0 bridgehead atoms. The Balaban J connectivity index is 1.45. The number of hydrogen-bond donors (Lipinski definition) is 3.